The summed E-state index contributed by atoms with van der Waals surface area (Å²) in [5.41, 5.74) is 5.33. The van der Waals surface area contributed by atoms with Gasteiger partial charge in [-0.1, -0.05) is 54.6 Å². The number of piperazine rings is 1. The number of rotatable bonds is 7. The van der Waals surface area contributed by atoms with Crippen LogP contribution in [-0.2, 0) is 29.7 Å². The number of aromatic nitrogens is 2. The number of nitrogens with one attached hydrogen (secondary N) is 2. The van der Waals surface area contributed by atoms with Crippen LogP contribution in [0.3, 0.4) is 0 Å². The second-order valence-electron chi connectivity index (χ2n) is 8.23. The van der Waals surface area contributed by atoms with E-state index in [0.29, 0.717) is 26.2 Å². The maximum atomic E-state index is 12.6. The average molecular weight is 432 g/mol. The lowest BCUT2D eigenvalue weighted by atomic mass is 10.0. The summed E-state index contributed by atoms with van der Waals surface area (Å²) in [6.07, 6.45) is 2.03. The Morgan fingerprint density at radius 3 is 2.53 bits per heavy atom. The van der Waals surface area contributed by atoms with E-state index in [9.17, 15) is 9.59 Å². The van der Waals surface area contributed by atoms with Crippen molar-refractivity contribution in [1.82, 2.24) is 25.3 Å². The second-order valence-corrected chi connectivity index (χ2v) is 8.23. The predicted molar refractivity (Wildman–Crippen MR) is 123 cm³/mol. The molecule has 7 nitrogen and oxygen atoms in total. The molecule has 0 saturated carbocycles. The molecule has 1 aliphatic rings. The molecule has 1 fully saturated rings. The second kappa shape index (κ2) is 9.78. The van der Waals surface area contributed by atoms with Crippen molar-refractivity contribution in [3.8, 4) is 11.1 Å². The summed E-state index contributed by atoms with van der Waals surface area (Å²) < 4.78 is 1.73. The Labute approximate surface area is 188 Å². The number of benzene rings is 2. The van der Waals surface area contributed by atoms with E-state index in [1.165, 1.54) is 5.56 Å². The summed E-state index contributed by atoms with van der Waals surface area (Å²) in [6.45, 7) is 4.26. The van der Waals surface area contributed by atoms with Gasteiger partial charge in [-0.2, -0.15) is 5.10 Å². The van der Waals surface area contributed by atoms with Crippen LogP contribution in [0.5, 0.6) is 0 Å². The van der Waals surface area contributed by atoms with Crippen LogP contribution in [0.15, 0.2) is 60.8 Å². The van der Waals surface area contributed by atoms with Crippen LogP contribution in [0.1, 0.15) is 23.2 Å². The van der Waals surface area contributed by atoms with Gasteiger partial charge >= 0.3 is 0 Å². The Hall–Kier alpha value is -3.45. The Balaban J connectivity index is 1.38. The maximum absolute atomic E-state index is 12.6. The number of nitrogens with zero attached hydrogens (tertiary/aromatic N) is 3. The van der Waals surface area contributed by atoms with Gasteiger partial charge in [0.2, 0.25) is 11.8 Å². The lowest BCUT2D eigenvalue weighted by Gasteiger charge is -2.34. The fraction of sp³-hybridized carbons (Fsp3) is 0.320. The van der Waals surface area contributed by atoms with E-state index in [-0.39, 0.29) is 18.2 Å². The number of hydrogen-bond acceptors (Lipinski definition) is 4. The third kappa shape index (κ3) is 5.23. The third-order valence-electron chi connectivity index (χ3n) is 5.86. The van der Waals surface area contributed by atoms with E-state index in [1.807, 2.05) is 38.4 Å². The molecule has 1 atom stereocenters. The SMILES string of the molecule is Cc1nn(C)cc1CNC(=O)CC1C(=O)NCCN1Cc1ccc(-c2ccccc2)cc1. The Kier molecular flexibility index (Phi) is 6.66. The first-order valence-corrected chi connectivity index (χ1v) is 10.9. The van der Waals surface area contributed by atoms with Crippen molar-refractivity contribution in [2.24, 2.45) is 7.05 Å². The molecule has 166 valence electrons. The molecule has 7 heteroatoms. The highest BCUT2D eigenvalue weighted by Gasteiger charge is 2.31. The molecule has 2 N–H and O–H groups in total. The summed E-state index contributed by atoms with van der Waals surface area (Å²) in [5, 5.41) is 10.1. The van der Waals surface area contributed by atoms with E-state index < -0.39 is 6.04 Å². The molecule has 0 spiro atoms. The van der Waals surface area contributed by atoms with Crippen LogP contribution in [0.2, 0.25) is 0 Å². The Morgan fingerprint density at radius 1 is 1.12 bits per heavy atom. The largest absolute Gasteiger partial charge is 0.353 e. The summed E-state index contributed by atoms with van der Waals surface area (Å²) >= 11 is 0. The lowest BCUT2D eigenvalue weighted by Crippen LogP contribution is -2.56. The lowest BCUT2D eigenvalue weighted by molar-refractivity contribution is -0.134. The van der Waals surface area contributed by atoms with E-state index in [1.54, 1.807) is 4.68 Å². The van der Waals surface area contributed by atoms with Gasteiger partial charge < -0.3 is 10.6 Å². The van der Waals surface area contributed by atoms with Crippen molar-refractivity contribution in [2.45, 2.75) is 32.5 Å². The zero-order valence-corrected chi connectivity index (χ0v) is 18.5. The third-order valence-corrected chi connectivity index (χ3v) is 5.86. The molecule has 1 aliphatic heterocycles. The molecule has 2 amide bonds. The highest BCUT2D eigenvalue weighted by Crippen LogP contribution is 2.21. The van der Waals surface area contributed by atoms with Crippen LogP contribution >= 0.6 is 0 Å². The summed E-state index contributed by atoms with van der Waals surface area (Å²) in [6, 6.07) is 18.2. The standard InChI is InChI=1S/C25H29N5O2/c1-18-22(17-29(2)28-18)15-27-24(31)14-23-25(32)26-12-13-30(23)16-19-8-10-21(11-9-19)20-6-4-3-5-7-20/h3-11,17,23H,12-16H2,1-2H3,(H,26,32)(H,27,31). The average Bonchev–Trinajstić information content (AvgIpc) is 3.12. The number of carbonyl (C=O) groups excluding carboxylic acids is 2. The van der Waals surface area contributed by atoms with Crippen LogP contribution in [0.4, 0.5) is 0 Å². The number of aryl methyl sites for hydroxylation is 2. The van der Waals surface area contributed by atoms with Gasteiger partial charge in [-0.3, -0.25) is 19.2 Å². The molecule has 2 aromatic carbocycles. The molecular weight excluding hydrogens is 402 g/mol. The van der Waals surface area contributed by atoms with Crippen molar-refractivity contribution in [3.05, 3.63) is 77.6 Å². The van der Waals surface area contributed by atoms with Crippen LogP contribution in [0.25, 0.3) is 11.1 Å². The first-order valence-electron chi connectivity index (χ1n) is 10.9. The zero-order valence-electron chi connectivity index (χ0n) is 18.5. The highest BCUT2D eigenvalue weighted by atomic mass is 16.2. The molecule has 1 aromatic heterocycles. The van der Waals surface area contributed by atoms with Crippen LogP contribution in [0, 0.1) is 6.92 Å². The van der Waals surface area contributed by atoms with E-state index in [4.69, 9.17) is 0 Å². The van der Waals surface area contributed by atoms with Crippen molar-refractivity contribution in [2.75, 3.05) is 13.1 Å². The normalized spacial score (nSPS) is 16.6. The van der Waals surface area contributed by atoms with Gasteiger partial charge in [-0.25, -0.2) is 0 Å². The molecule has 1 unspecified atom stereocenters. The molecule has 1 saturated heterocycles. The molecule has 2 heterocycles. The van der Waals surface area contributed by atoms with Crippen molar-refractivity contribution >= 4 is 11.8 Å². The molecular formula is C25H29N5O2. The van der Waals surface area contributed by atoms with Crippen molar-refractivity contribution in [3.63, 3.8) is 0 Å². The minimum atomic E-state index is -0.479. The maximum Gasteiger partial charge on any atom is 0.237 e. The molecule has 4 rings (SSSR count). The number of hydrogen-bond donors (Lipinski definition) is 2. The molecule has 3 aromatic rings. The smallest absolute Gasteiger partial charge is 0.237 e. The Bertz CT molecular complexity index is 1080. The fourth-order valence-corrected chi connectivity index (χ4v) is 4.10. The summed E-state index contributed by atoms with van der Waals surface area (Å²) in [4.78, 5) is 27.2. The summed E-state index contributed by atoms with van der Waals surface area (Å²) in [7, 11) is 1.86. The molecule has 32 heavy (non-hydrogen) atoms. The zero-order chi connectivity index (χ0) is 22.5. The van der Waals surface area contributed by atoms with Gasteiger partial charge in [0.15, 0.2) is 0 Å². The van der Waals surface area contributed by atoms with Crippen molar-refractivity contribution in [1.29, 1.82) is 0 Å². The molecule has 0 aliphatic carbocycles. The quantitative estimate of drug-likeness (QED) is 0.602. The van der Waals surface area contributed by atoms with Gasteiger partial charge in [0.1, 0.15) is 0 Å². The van der Waals surface area contributed by atoms with Gasteiger partial charge in [0.05, 0.1) is 18.2 Å². The fourth-order valence-electron chi connectivity index (χ4n) is 4.10. The van der Waals surface area contributed by atoms with Crippen LogP contribution in [-0.4, -0.2) is 45.6 Å². The number of carbonyl (C=O) groups is 2. The minimum Gasteiger partial charge on any atom is -0.353 e. The number of amides is 2. The van der Waals surface area contributed by atoms with Gasteiger partial charge in [-0.05, 0) is 23.6 Å². The first-order chi connectivity index (χ1) is 15.5. The monoisotopic (exact) mass is 431 g/mol. The van der Waals surface area contributed by atoms with E-state index >= 15 is 0 Å². The van der Waals surface area contributed by atoms with Gasteiger partial charge in [-0.15, -0.1) is 0 Å². The Morgan fingerprint density at radius 2 is 1.84 bits per heavy atom. The van der Waals surface area contributed by atoms with E-state index in [2.05, 4.69) is 57.0 Å². The topological polar surface area (TPSA) is 79.3 Å². The molecule has 0 bridgehead atoms. The molecule has 0 radical (unpaired) electrons. The summed E-state index contributed by atoms with van der Waals surface area (Å²) in [5.74, 6) is -0.232. The highest BCUT2D eigenvalue weighted by molar-refractivity contribution is 5.88. The van der Waals surface area contributed by atoms with Crippen LogP contribution < -0.4 is 10.6 Å². The van der Waals surface area contributed by atoms with Crippen molar-refractivity contribution < 1.29 is 9.59 Å². The van der Waals surface area contributed by atoms with Gasteiger partial charge in [0.25, 0.3) is 0 Å². The first kappa shape index (κ1) is 21.8. The van der Waals surface area contributed by atoms with Gasteiger partial charge in [0, 0.05) is 45.0 Å². The minimum absolute atomic E-state index is 0.0927. The van der Waals surface area contributed by atoms with E-state index in [0.717, 1.165) is 22.4 Å². The predicted octanol–water partition coefficient (Wildman–Crippen LogP) is 2.40.